The topological polar surface area (TPSA) is 80.3 Å². The summed E-state index contributed by atoms with van der Waals surface area (Å²) in [7, 11) is 0. The fourth-order valence-electron chi connectivity index (χ4n) is 0.740. The van der Waals surface area contributed by atoms with Gasteiger partial charge in [0.05, 0.1) is 11.9 Å². The fourth-order valence-corrected chi connectivity index (χ4v) is 0.740. The van der Waals surface area contributed by atoms with Gasteiger partial charge in [-0.15, -0.1) is 0 Å². The molecule has 0 rings (SSSR count). The van der Waals surface area contributed by atoms with Crippen molar-refractivity contribution >= 4 is 11.9 Å². The molecule has 0 aliphatic carbocycles. The summed E-state index contributed by atoms with van der Waals surface area (Å²) in [6.45, 7) is 1.85. The molecule has 0 atom stereocenters. The van der Waals surface area contributed by atoms with E-state index in [0.29, 0.717) is 6.42 Å². The smallest absolute Gasteiger partial charge is 0.549 e. The molecule has 0 fully saturated rings. The van der Waals surface area contributed by atoms with Gasteiger partial charge in [-0.2, -0.15) is 0 Å². The van der Waals surface area contributed by atoms with Gasteiger partial charge in [-0.05, 0) is 6.42 Å². The molecule has 0 amide bonds. The van der Waals surface area contributed by atoms with Crippen LogP contribution in [0.3, 0.4) is 0 Å². The third-order valence-corrected chi connectivity index (χ3v) is 1.42. The maximum Gasteiger partial charge on any atom is 2.00 e. The summed E-state index contributed by atoms with van der Waals surface area (Å²) in [5.41, 5.74) is 0. The Morgan fingerprint density at radius 1 is 1.25 bits per heavy atom. The van der Waals surface area contributed by atoms with Crippen molar-refractivity contribution in [2.24, 2.45) is 5.92 Å². The van der Waals surface area contributed by atoms with Crippen molar-refractivity contribution in [2.45, 2.75) is 26.2 Å². The van der Waals surface area contributed by atoms with E-state index < -0.39 is 17.9 Å². The maximum absolute atomic E-state index is 10.1. The molecule has 0 saturated heterocycles. The van der Waals surface area contributed by atoms with E-state index in [1.165, 1.54) is 0 Å². The molecule has 64 valence electrons. The quantitative estimate of drug-likeness (QED) is 0.411. The van der Waals surface area contributed by atoms with Crippen molar-refractivity contribution in [3.8, 4) is 0 Å². The molecule has 4 nitrogen and oxygen atoms in total. The molecular weight excluding hydrogens is 213 g/mol. The van der Waals surface area contributed by atoms with Crippen molar-refractivity contribution in [2.75, 3.05) is 0 Å². The van der Waals surface area contributed by atoms with Crippen LogP contribution in [0.5, 0.6) is 0 Å². The van der Waals surface area contributed by atoms with Crippen LogP contribution in [0.2, 0.25) is 0 Å². The normalized spacial score (nSPS) is 9.17. The number of aliphatic carboxylic acids is 2. The van der Waals surface area contributed by atoms with Gasteiger partial charge >= 0.3 is 19.5 Å². The Hall–Kier alpha value is -0.437. The van der Waals surface area contributed by atoms with Gasteiger partial charge in [0, 0.05) is 5.92 Å². The van der Waals surface area contributed by atoms with Crippen molar-refractivity contribution in [1.29, 1.82) is 0 Å². The second-order valence-corrected chi connectivity index (χ2v) is 2.33. The van der Waals surface area contributed by atoms with E-state index >= 15 is 0 Å². The van der Waals surface area contributed by atoms with E-state index in [1.54, 1.807) is 0 Å². The molecule has 5 heteroatoms. The van der Waals surface area contributed by atoms with Gasteiger partial charge < -0.3 is 19.8 Å². The number of carbonyl (C=O) groups excluding carboxylic acids is 2. The van der Waals surface area contributed by atoms with Gasteiger partial charge in [0.15, 0.2) is 0 Å². The molecule has 0 aromatic heterocycles. The SMILES string of the molecule is CCCCC(C(=O)[O-])C(=O)[O-].[Zn+2]. The Balaban J connectivity index is 0. The molecule has 0 aromatic carbocycles. The van der Waals surface area contributed by atoms with Crippen LogP contribution < -0.4 is 10.2 Å². The number of hydrogen-bond donors (Lipinski definition) is 0. The Morgan fingerprint density at radius 2 is 1.67 bits per heavy atom. The van der Waals surface area contributed by atoms with Crippen LogP contribution in [0.15, 0.2) is 0 Å². The Morgan fingerprint density at radius 3 is 1.92 bits per heavy atom. The number of carboxylic acid groups (broad SMARTS) is 2. The first-order chi connectivity index (χ1) is 5.09. The van der Waals surface area contributed by atoms with Gasteiger partial charge in [0.2, 0.25) is 0 Å². The first-order valence-electron chi connectivity index (χ1n) is 3.51. The number of carbonyl (C=O) groups is 2. The Kier molecular flexibility index (Phi) is 8.49. The molecule has 0 spiro atoms. The fraction of sp³-hybridized carbons (Fsp3) is 0.714. The summed E-state index contributed by atoms with van der Waals surface area (Å²) in [6.07, 6.45) is 1.42. The van der Waals surface area contributed by atoms with E-state index in [-0.39, 0.29) is 25.9 Å². The number of unbranched alkanes of at least 4 members (excludes halogenated alkanes) is 1. The van der Waals surface area contributed by atoms with Crippen molar-refractivity contribution in [3.05, 3.63) is 0 Å². The molecule has 0 saturated carbocycles. The molecule has 0 heterocycles. The van der Waals surface area contributed by atoms with Gasteiger partial charge in [-0.25, -0.2) is 0 Å². The van der Waals surface area contributed by atoms with Crippen LogP contribution in [-0.2, 0) is 29.1 Å². The van der Waals surface area contributed by atoms with E-state index in [4.69, 9.17) is 0 Å². The Bertz CT molecular complexity index is 143. The van der Waals surface area contributed by atoms with Crippen LogP contribution in [0.25, 0.3) is 0 Å². The number of hydrogen-bond acceptors (Lipinski definition) is 4. The third kappa shape index (κ3) is 5.24. The predicted octanol–water partition coefficient (Wildman–Crippen LogP) is -1.71. The average Bonchev–Trinajstić information content (AvgIpc) is 1.87. The molecule has 0 aliphatic heterocycles. The van der Waals surface area contributed by atoms with E-state index in [1.807, 2.05) is 6.92 Å². The van der Waals surface area contributed by atoms with E-state index in [2.05, 4.69) is 0 Å². The van der Waals surface area contributed by atoms with Crippen LogP contribution >= 0.6 is 0 Å². The molecule has 12 heavy (non-hydrogen) atoms. The van der Waals surface area contributed by atoms with Crippen LogP contribution in [0.4, 0.5) is 0 Å². The molecule has 0 aliphatic rings. The molecule has 0 aromatic rings. The first-order valence-corrected chi connectivity index (χ1v) is 3.51. The van der Waals surface area contributed by atoms with Gasteiger partial charge in [-0.1, -0.05) is 19.8 Å². The zero-order valence-corrected chi connectivity index (χ0v) is 10.0. The van der Waals surface area contributed by atoms with E-state index in [0.717, 1.165) is 6.42 Å². The summed E-state index contributed by atoms with van der Waals surface area (Å²) in [5, 5.41) is 20.2. The number of rotatable bonds is 5. The van der Waals surface area contributed by atoms with Gasteiger partial charge in [-0.3, -0.25) is 0 Å². The summed E-state index contributed by atoms with van der Waals surface area (Å²) < 4.78 is 0. The summed E-state index contributed by atoms with van der Waals surface area (Å²) >= 11 is 0. The Labute approximate surface area is 83.7 Å². The summed E-state index contributed by atoms with van der Waals surface area (Å²) in [6, 6.07) is 0. The minimum Gasteiger partial charge on any atom is -0.549 e. The maximum atomic E-state index is 10.1. The van der Waals surface area contributed by atoms with E-state index in [9.17, 15) is 19.8 Å². The molecule has 0 unspecified atom stereocenters. The largest absolute Gasteiger partial charge is 2.00 e. The second-order valence-electron chi connectivity index (χ2n) is 2.33. The summed E-state index contributed by atoms with van der Waals surface area (Å²) in [4.78, 5) is 20.2. The minimum absolute atomic E-state index is 0. The van der Waals surface area contributed by atoms with Crippen molar-refractivity contribution in [1.82, 2.24) is 0 Å². The zero-order valence-electron chi connectivity index (χ0n) is 7.04. The van der Waals surface area contributed by atoms with Crippen LogP contribution in [-0.4, -0.2) is 11.9 Å². The second kappa shape index (κ2) is 7.23. The molecule has 0 radical (unpaired) electrons. The molecule has 0 N–H and O–H groups in total. The zero-order chi connectivity index (χ0) is 8.85. The average molecular weight is 224 g/mol. The van der Waals surface area contributed by atoms with Crippen molar-refractivity contribution in [3.63, 3.8) is 0 Å². The summed E-state index contributed by atoms with van der Waals surface area (Å²) in [5.74, 6) is -4.56. The standard InChI is InChI=1S/C7H12O4.Zn/c1-2-3-4-5(6(8)9)7(10)11;/h5H,2-4H2,1H3,(H,8,9)(H,10,11);/q;+2/p-2. The third-order valence-electron chi connectivity index (χ3n) is 1.42. The van der Waals surface area contributed by atoms with Gasteiger partial charge in [0.1, 0.15) is 0 Å². The van der Waals surface area contributed by atoms with Crippen LogP contribution in [0.1, 0.15) is 26.2 Å². The van der Waals surface area contributed by atoms with Crippen molar-refractivity contribution < 1.29 is 39.3 Å². The van der Waals surface area contributed by atoms with Gasteiger partial charge in [0.25, 0.3) is 0 Å². The number of carboxylic acids is 2. The molecular formula is C7H10O4Zn. The minimum atomic E-state index is -1.56. The monoisotopic (exact) mass is 222 g/mol. The van der Waals surface area contributed by atoms with Crippen LogP contribution in [0, 0.1) is 5.92 Å². The molecule has 0 bridgehead atoms. The predicted molar refractivity (Wildman–Crippen MR) is 33.0 cm³/mol. The first kappa shape index (κ1) is 14.1.